The van der Waals surface area contributed by atoms with Gasteiger partial charge in [0.2, 0.25) is 0 Å². The van der Waals surface area contributed by atoms with Crippen molar-refractivity contribution in [2.24, 2.45) is 17.1 Å². The number of nitrogens with two attached hydrogens (primary N) is 1. The van der Waals surface area contributed by atoms with Gasteiger partial charge in [-0.15, -0.1) is 0 Å². The highest BCUT2D eigenvalue weighted by Crippen LogP contribution is 2.42. The van der Waals surface area contributed by atoms with E-state index in [1.54, 1.807) is 0 Å². The van der Waals surface area contributed by atoms with Crippen LogP contribution in [0.3, 0.4) is 0 Å². The predicted octanol–water partition coefficient (Wildman–Crippen LogP) is 2.97. The molecule has 0 bridgehead atoms. The second-order valence-electron chi connectivity index (χ2n) is 7.38. The number of thioether (sulfide) groups is 1. The van der Waals surface area contributed by atoms with Gasteiger partial charge in [-0.2, -0.15) is 11.8 Å². The van der Waals surface area contributed by atoms with E-state index in [4.69, 9.17) is 5.73 Å². The van der Waals surface area contributed by atoms with Crippen LogP contribution in [0.15, 0.2) is 0 Å². The summed E-state index contributed by atoms with van der Waals surface area (Å²) in [7, 11) is 0. The summed E-state index contributed by atoms with van der Waals surface area (Å²) < 4.78 is 0. The fourth-order valence-corrected chi connectivity index (χ4v) is 5.10. The summed E-state index contributed by atoms with van der Waals surface area (Å²) in [4.78, 5) is 2.71. The molecule has 106 valence electrons. The van der Waals surface area contributed by atoms with Crippen molar-refractivity contribution in [2.45, 2.75) is 57.7 Å². The molecule has 2 fully saturated rings. The molecule has 0 aromatic heterocycles. The predicted molar refractivity (Wildman–Crippen MR) is 82.1 cm³/mol. The lowest BCUT2D eigenvalue weighted by Gasteiger charge is -2.46. The van der Waals surface area contributed by atoms with Gasteiger partial charge in [-0.1, -0.05) is 27.7 Å². The number of nitrogens with zero attached hydrogens (tertiary/aromatic N) is 1. The number of hydrogen-bond acceptors (Lipinski definition) is 3. The Kier molecular flexibility index (Phi) is 4.35. The van der Waals surface area contributed by atoms with Gasteiger partial charge < -0.3 is 5.73 Å². The minimum absolute atomic E-state index is 0.312. The summed E-state index contributed by atoms with van der Waals surface area (Å²) >= 11 is 2.11. The SMILES string of the molecule is CC1CC(CN)(N2CCC(C(C)(C)C)CC2)CS1. The lowest BCUT2D eigenvalue weighted by Crippen LogP contribution is -2.57. The van der Waals surface area contributed by atoms with Crippen molar-refractivity contribution in [2.75, 3.05) is 25.4 Å². The Labute approximate surface area is 117 Å². The second kappa shape index (κ2) is 5.34. The molecule has 0 radical (unpaired) electrons. The fraction of sp³-hybridized carbons (Fsp3) is 1.00. The lowest BCUT2D eigenvalue weighted by molar-refractivity contribution is 0.0408. The second-order valence-corrected chi connectivity index (χ2v) is 8.81. The van der Waals surface area contributed by atoms with Crippen molar-refractivity contribution < 1.29 is 0 Å². The zero-order chi connectivity index (χ0) is 13.4. The van der Waals surface area contributed by atoms with Crippen LogP contribution in [0, 0.1) is 11.3 Å². The molecule has 0 saturated carbocycles. The van der Waals surface area contributed by atoms with Gasteiger partial charge in [0, 0.05) is 23.1 Å². The maximum Gasteiger partial charge on any atom is 0.0432 e. The molecule has 0 aliphatic carbocycles. The Balaban J connectivity index is 1.96. The van der Waals surface area contributed by atoms with Gasteiger partial charge in [-0.25, -0.2) is 0 Å². The van der Waals surface area contributed by atoms with Gasteiger partial charge >= 0.3 is 0 Å². The van der Waals surface area contributed by atoms with Crippen LogP contribution < -0.4 is 5.73 Å². The zero-order valence-electron chi connectivity index (χ0n) is 12.5. The molecule has 2 saturated heterocycles. The topological polar surface area (TPSA) is 29.3 Å². The van der Waals surface area contributed by atoms with Crippen molar-refractivity contribution >= 4 is 11.8 Å². The highest BCUT2D eigenvalue weighted by Gasteiger charge is 2.43. The molecule has 2 N–H and O–H groups in total. The van der Waals surface area contributed by atoms with E-state index in [0.29, 0.717) is 11.0 Å². The summed E-state index contributed by atoms with van der Waals surface area (Å²) in [5, 5.41) is 0.786. The molecule has 0 amide bonds. The van der Waals surface area contributed by atoms with E-state index < -0.39 is 0 Å². The van der Waals surface area contributed by atoms with Crippen LogP contribution in [-0.2, 0) is 0 Å². The van der Waals surface area contributed by atoms with Crippen molar-refractivity contribution in [3.05, 3.63) is 0 Å². The summed E-state index contributed by atoms with van der Waals surface area (Å²) in [6, 6.07) is 0. The summed E-state index contributed by atoms with van der Waals surface area (Å²) in [6.07, 6.45) is 3.99. The average molecular weight is 270 g/mol. The number of rotatable bonds is 2. The van der Waals surface area contributed by atoms with Crippen LogP contribution >= 0.6 is 11.8 Å². The maximum absolute atomic E-state index is 6.13. The number of likely N-dealkylation sites (tertiary alicyclic amines) is 1. The Morgan fingerprint density at radius 1 is 1.28 bits per heavy atom. The van der Waals surface area contributed by atoms with Crippen LogP contribution in [0.1, 0.15) is 47.0 Å². The van der Waals surface area contributed by atoms with E-state index in [2.05, 4.69) is 44.4 Å². The molecule has 2 rings (SSSR count). The Morgan fingerprint density at radius 3 is 2.28 bits per heavy atom. The molecular formula is C15H30N2S. The van der Waals surface area contributed by atoms with Gasteiger partial charge in [0.15, 0.2) is 0 Å². The summed E-state index contributed by atoms with van der Waals surface area (Å²) in [5.41, 5.74) is 6.91. The Hall–Kier alpha value is 0.270. The molecule has 0 aromatic carbocycles. The van der Waals surface area contributed by atoms with E-state index in [0.717, 1.165) is 17.7 Å². The van der Waals surface area contributed by atoms with Gasteiger partial charge in [0.25, 0.3) is 0 Å². The highest BCUT2D eigenvalue weighted by atomic mass is 32.2. The first kappa shape index (κ1) is 14.7. The van der Waals surface area contributed by atoms with Crippen molar-refractivity contribution in [3.63, 3.8) is 0 Å². The monoisotopic (exact) mass is 270 g/mol. The standard InChI is InChI=1S/C15H30N2S/c1-12-9-15(10-16,11-18-12)17-7-5-13(6-8-17)14(2,3)4/h12-13H,5-11,16H2,1-4H3. The first-order valence-corrected chi connectivity index (χ1v) is 8.49. The number of piperidine rings is 1. The van der Waals surface area contributed by atoms with E-state index in [-0.39, 0.29) is 0 Å². The van der Waals surface area contributed by atoms with Gasteiger partial charge in [-0.3, -0.25) is 4.90 Å². The van der Waals surface area contributed by atoms with Crippen LogP contribution in [0.2, 0.25) is 0 Å². The van der Waals surface area contributed by atoms with Crippen LogP contribution in [-0.4, -0.2) is 41.1 Å². The molecular weight excluding hydrogens is 240 g/mol. The molecule has 3 heteroatoms. The summed E-state index contributed by atoms with van der Waals surface area (Å²) in [6.45, 7) is 12.9. The Bertz CT molecular complexity index is 279. The molecule has 2 nitrogen and oxygen atoms in total. The maximum atomic E-state index is 6.13. The normalized spacial score (nSPS) is 36.2. The van der Waals surface area contributed by atoms with Gasteiger partial charge in [0.05, 0.1) is 0 Å². The third kappa shape index (κ3) is 2.88. The third-order valence-corrected chi connectivity index (χ3v) is 6.51. The molecule has 0 aromatic rings. The molecule has 2 atom stereocenters. The van der Waals surface area contributed by atoms with Crippen LogP contribution in [0.5, 0.6) is 0 Å². The van der Waals surface area contributed by atoms with E-state index in [1.165, 1.54) is 38.1 Å². The van der Waals surface area contributed by atoms with Gasteiger partial charge in [-0.05, 0) is 43.7 Å². The molecule has 2 unspecified atom stereocenters. The van der Waals surface area contributed by atoms with Crippen molar-refractivity contribution in [1.29, 1.82) is 0 Å². The fourth-order valence-electron chi connectivity index (χ4n) is 3.66. The van der Waals surface area contributed by atoms with Crippen LogP contribution in [0.25, 0.3) is 0 Å². The molecule has 18 heavy (non-hydrogen) atoms. The molecule has 2 aliphatic rings. The highest BCUT2D eigenvalue weighted by molar-refractivity contribution is 8.00. The zero-order valence-corrected chi connectivity index (χ0v) is 13.4. The largest absolute Gasteiger partial charge is 0.329 e. The first-order valence-electron chi connectivity index (χ1n) is 7.44. The van der Waals surface area contributed by atoms with E-state index >= 15 is 0 Å². The smallest absolute Gasteiger partial charge is 0.0432 e. The lowest BCUT2D eigenvalue weighted by atomic mass is 9.74. The third-order valence-electron chi connectivity index (χ3n) is 5.07. The van der Waals surface area contributed by atoms with Gasteiger partial charge in [0.1, 0.15) is 0 Å². The molecule has 2 aliphatic heterocycles. The Morgan fingerprint density at radius 2 is 1.89 bits per heavy atom. The summed E-state index contributed by atoms with van der Waals surface area (Å²) in [5.74, 6) is 2.13. The van der Waals surface area contributed by atoms with Crippen LogP contribution in [0.4, 0.5) is 0 Å². The average Bonchev–Trinajstić information content (AvgIpc) is 2.71. The minimum Gasteiger partial charge on any atom is -0.329 e. The van der Waals surface area contributed by atoms with Crippen molar-refractivity contribution in [1.82, 2.24) is 4.90 Å². The van der Waals surface area contributed by atoms with E-state index in [1.807, 2.05) is 0 Å². The van der Waals surface area contributed by atoms with Crippen molar-refractivity contribution in [3.8, 4) is 0 Å². The molecule has 0 spiro atoms. The van der Waals surface area contributed by atoms with E-state index in [9.17, 15) is 0 Å². The quantitative estimate of drug-likeness (QED) is 0.836. The first-order chi connectivity index (χ1) is 8.37. The number of hydrogen-bond donors (Lipinski definition) is 1. The minimum atomic E-state index is 0.312. The molecule has 2 heterocycles.